The third-order valence-corrected chi connectivity index (χ3v) is 3.26. The number of carbonyl (C=O) groups excluding carboxylic acids is 2. The quantitative estimate of drug-likeness (QED) is 0.667. The number of carbonyl (C=O) groups is 2. The van der Waals surface area contributed by atoms with E-state index in [2.05, 4.69) is 5.32 Å². The SMILES string of the molecule is O=C(COC(=O)C=Cc1ccc2c(c1)OCO2)Nc1cccc(F)c1. The number of nitrogens with one attached hydrogen (secondary N) is 1. The van der Waals surface area contributed by atoms with Crippen molar-refractivity contribution in [2.45, 2.75) is 0 Å². The topological polar surface area (TPSA) is 73.9 Å². The van der Waals surface area contributed by atoms with Crippen molar-refractivity contribution in [1.29, 1.82) is 0 Å². The van der Waals surface area contributed by atoms with Crippen LogP contribution < -0.4 is 14.8 Å². The number of halogens is 1. The van der Waals surface area contributed by atoms with E-state index in [4.69, 9.17) is 14.2 Å². The van der Waals surface area contributed by atoms with E-state index in [0.29, 0.717) is 11.5 Å². The van der Waals surface area contributed by atoms with Crippen LogP contribution in [0, 0.1) is 5.82 Å². The summed E-state index contributed by atoms with van der Waals surface area (Å²) in [6.45, 7) is -0.300. The second-order valence-corrected chi connectivity index (χ2v) is 5.11. The van der Waals surface area contributed by atoms with E-state index in [9.17, 15) is 14.0 Å². The van der Waals surface area contributed by atoms with Gasteiger partial charge in [0.05, 0.1) is 0 Å². The van der Waals surface area contributed by atoms with Crippen LogP contribution in [0.2, 0.25) is 0 Å². The van der Waals surface area contributed by atoms with Gasteiger partial charge in [-0.25, -0.2) is 9.18 Å². The molecule has 0 spiro atoms. The molecule has 1 heterocycles. The summed E-state index contributed by atoms with van der Waals surface area (Å²) in [4.78, 5) is 23.3. The molecule has 0 atom stereocenters. The van der Waals surface area contributed by atoms with Crippen molar-refractivity contribution < 1.29 is 28.2 Å². The maximum atomic E-state index is 13.0. The molecule has 1 N–H and O–H groups in total. The summed E-state index contributed by atoms with van der Waals surface area (Å²) >= 11 is 0. The second kappa shape index (κ2) is 7.48. The van der Waals surface area contributed by atoms with Crippen LogP contribution >= 0.6 is 0 Å². The van der Waals surface area contributed by atoms with Crippen LogP contribution in [0.4, 0.5) is 10.1 Å². The van der Waals surface area contributed by atoms with Crippen molar-refractivity contribution in [2.75, 3.05) is 18.7 Å². The monoisotopic (exact) mass is 343 g/mol. The molecular formula is C18H14FNO5. The first-order chi connectivity index (χ1) is 12.1. The van der Waals surface area contributed by atoms with Crippen LogP contribution in [-0.4, -0.2) is 25.3 Å². The van der Waals surface area contributed by atoms with Crippen molar-refractivity contribution in [3.05, 3.63) is 59.9 Å². The molecule has 0 saturated carbocycles. The number of rotatable bonds is 5. The van der Waals surface area contributed by atoms with E-state index in [1.807, 2.05) is 0 Å². The van der Waals surface area contributed by atoms with Crippen molar-refractivity contribution in [3.8, 4) is 11.5 Å². The molecule has 1 aliphatic rings. The Morgan fingerprint density at radius 3 is 2.84 bits per heavy atom. The molecule has 1 aliphatic heterocycles. The number of anilines is 1. The van der Waals surface area contributed by atoms with Crippen LogP contribution in [-0.2, 0) is 14.3 Å². The van der Waals surface area contributed by atoms with Crippen molar-refractivity contribution >= 4 is 23.6 Å². The first kappa shape index (κ1) is 16.5. The molecule has 0 bridgehead atoms. The summed E-state index contributed by atoms with van der Waals surface area (Å²) in [6.07, 6.45) is 2.74. The smallest absolute Gasteiger partial charge is 0.331 e. The van der Waals surface area contributed by atoms with Gasteiger partial charge in [-0.1, -0.05) is 12.1 Å². The average molecular weight is 343 g/mol. The fourth-order valence-corrected chi connectivity index (χ4v) is 2.13. The molecule has 2 aromatic rings. The standard InChI is InChI=1S/C18H14FNO5/c19-13-2-1-3-14(9-13)20-17(21)10-23-18(22)7-5-12-4-6-15-16(8-12)25-11-24-15/h1-9H,10-11H2,(H,20,21). The van der Waals surface area contributed by atoms with Gasteiger partial charge in [-0.3, -0.25) is 4.79 Å². The summed E-state index contributed by atoms with van der Waals surface area (Å²) in [6, 6.07) is 10.6. The minimum absolute atomic E-state index is 0.172. The van der Waals surface area contributed by atoms with E-state index >= 15 is 0 Å². The van der Waals surface area contributed by atoms with Gasteiger partial charge in [0.15, 0.2) is 18.1 Å². The zero-order chi connectivity index (χ0) is 17.6. The third kappa shape index (κ3) is 4.57. The summed E-state index contributed by atoms with van der Waals surface area (Å²) < 4.78 is 28.3. The Hall–Kier alpha value is -3.35. The van der Waals surface area contributed by atoms with Gasteiger partial charge in [0.2, 0.25) is 6.79 Å². The Bertz CT molecular complexity index is 834. The Balaban J connectivity index is 1.48. The maximum Gasteiger partial charge on any atom is 0.331 e. The Kier molecular flexibility index (Phi) is 4.94. The van der Waals surface area contributed by atoms with E-state index in [1.54, 1.807) is 18.2 Å². The summed E-state index contributed by atoms with van der Waals surface area (Å²) in [7, 11) is 0. The first-order valence-corrected chi connectivity index (χ1v) is 7.40. The summed E-state index contributed by atoms with van der Waals surface area (Å²) in [5.41, 5.74) is 1.02. The lowest BCUT2D eigenvalue weighted by Crippen LogP contribution is -2.20. The molecule has 0 saturated heterocycles. The fraction of sp³-hybridized carbons (Fsp3) is 0.111. The number of amides is 1. The molecular weight excluding hydrogens is 329 g/mol. The molecule has 0 unspecified atom stereocenters. The molecule has 3 rings (SSSR count). The van der Waals surface area contributed by atoms with Crippen molar-refractivity contribution in [2.24, 2.45) is 0 Å². The molecule has 128 valence electrons. The van der Waals surface area contributed by atoms with Gasteiger partial charge in [-0.2, -0.15) is 0 Å². The predicted octanol–water partition coefficient (Wildman–Crippen LogP) is 2.75. The van der Waals surface area contributed by atoms with Crippen LogP contribution in [0.5, 0.6) is 11.5 Å². The molecule has 0 aromatic heterocycles. The van der Waals surface area contributed by atoms with Gasteiger partial charge < -0.3 is 19.5 Å². The molecule has 2 aromatic carbocycles. The minimum Gasteiger partial charge on any atom is -0.454 e. The number of esters is 1. The van der Waals surface area contributed by atoms with Crippen LogP contribution in [0.1, 0.15) is 5.56 Å². The summed E-state index contributed by atoms with van der Waals surface area (Å²) in [5, 5.41) is 2.43. The lowest BCUT2D eigenvalue weighted by atomic mass is 10.2. The van der Waals surface area contributed by atoms with Gasteiger partial charge in [0.25, 0.3) is 5.91 Å². The number of hydrogen-bond acceptors (Lipinski definition) is 5. The van der Waals surface area contributed by atoms with E-state index in [1.165, 1.54) is 36.4 Å². The number of ether oxygens (including phenoxy) is 3. The Morgan fingerprint density at radius 1 is 1.16 bits per heavy atom. The molecule has 25 heavy (non-hydrogen) atoms. The van der Waals surface area contributed by atoms with Crippen molar-refractivity contribution in [1.82, 2.24) is 0 Å². The number of fused-ring (bicyclic) bond motifs is 1. The Morgan fingerprint density at radius 2 is 2.00 bits per heavy atom. The summed E-state index contributed by atoms with van der Waals surface area (Å²) in [5.74, 6) is -0.456. The van der Waals surface area contributed by atoms with E-state index in [-0.39, 0.29) is 12.5 Å². The highest BCUT2D eigenvalue weighted by molar-refractivity contribution is 5.94. The van der Waals surface area contributed by atoms with Crippen molar-refractivity contribution in [3.63, 3.8) is 0 Å². The molecule has 0 aliphatic carbocycles. The average Bonchev–Trinajstić information content (AvgIpc) is 3.06. The van der Waals surface area contributed by atoms with Crippen LogP contribution in [0.25, 0.3) is 6.08 Å². The zero-order valence-corrected chi connectivity index (χ0v) is 13.0. The molecule has 0 fully saturated rings. The highest BCUT2D eigenvalue weighted by Gasteiger charge is 2.12. The number of hydrogen-bond donors (Lipinski definition) is 1. The first-order valence-electron chi connectivity index (χ1n) is 7.40. The van der Waals surface area contributed by atoms with Gasteiger partial charge in [-0.15, -0.1) is 0 Å². The molecule has 1 amide bonds. The number of benzene rings is 2. The predicted molar refractivity (Wildman–Crippen MR) is 87.6 cm³/mol. The van der Waals surface area contributed by atoms with Gasteiger partial charge in [0.1, 0.15) is 5.82 Å². The third-order valence-electron chi connectivity index (χ3n) is 3.26. The highest BCUT2D eigenvalue weighted by Crippen LogP contribution is 2.32. The Labute approximate surface area is 142 Å². The minimum atomic E-state index is -0.674. The van der Waals surface area contributed by atoms with Crippen LogP contribution in [0.15, 0.2) is 48.5 Å². The van der Waals surface area contributed by atoms with Crippen LogP contribution in [0.3, 0.4) is 0 Å². The molecule has 0 radical (unpaired) electrons. The lowest BCUT2D eigenvalue weighted by Gasteiger charge is -2.05. The van der Waals surface area contributed by atoms with Gasteiger partial charge in [-0.05, 0) is 42.0 Å². The molecule has 6 nitrogen and oxygen atoms in total. The van der Waals surface area contributed by atoms with E-state index < -0.39 is 24.3 Å². The van der Waals surface area contributed by atoms with E-state index in [0.717, 1.165) is 5.56 Å². The normalized spacial score (nSPS) is 12.2. The highest BCUT2D eigenvalue weighted by atomic mass is 19.1. The largest absolute Gasteiger partial charge is 0.454 e. The fourth-order valence-electron chi connectivity index (χ4n) is 2.13. The molecule has 7 heteroatoms. The van der Waals surface area contributed by atoms with Gasteiger partial charge >= 0.3 is 5.97 Å². The maximum absolute atomic E-state index is 13.0. The zero-order valence-electron chi connectivity index (χ0n) is 13.0. The lowest BCUT2D eigenvalue weighted by molar-refractivity contribution is -0.142. The second-order valence-electron chi connectivity index (χ2n) is 5.11. The van der Waals surface area contributed by atoms with Gasteiger partial charge in [0, 0.05) is 11.8 Å².